The molecule has 0 saturated heterocycles. The number of rotatable bonds is 4. The van der Waals surface area contributed by atoms with Crippen molar-refractivity contribution < 1.29 is 14.3 Å². The average molecular weight is 198 g/mol. The van der Waals surface area contributed by atoms with Gasteiger partial charge in [0.25, 0.3) is 0 Å². The highest BCUT2D eigenvalue weighted by Crippen LogP contribution is 1.82. The first-order valence-corrected chi connectivity index (χ1v) is 4.33. The SMILES string of the molecule is CCOC(=O)/C=C/C(=O)NC(=N)CC. The molecule has 1 amide bonds. The Labute approximate surface area is 82.6 Å². The number of amides is 1. The van der Waals surface area contributed by atoms with Crippen molar-refractivity contribution in [1.82, 2.24) is 5.32 Å². The predicted octanol–water partition coefficient (Wildman–Crippen LogP) is 0.609. The van der Waals surface area contributed by atoms with Crippen LogP contribution in [0.4, 0.5) is 0 Å². The van der Waals surface area contributed by atoms with Gasteiger partial charge >= 0.3 is 5.97 Å². The average Bonchev–Trinajstić information content (AvgIpc) is 2.15. The Bertz CT molecular complexity index is 259. The third-order valence-electron chi connectivity index (χ3n) is 1.29. The maximum Gasteiger partial charge on any atom is 0.330 e. The van der Waals surface area contributed by atoms with Crippen molar-refractivity contribution in [2.24, 2.45) is 0 Å². The Morgan fingerprint density at radius 3 is 2.50 bits per heavy atom. The summed E-state index contributed by atoms with van der Waals surface area (Å²) < 4.78 is 4.56. The minimum absolute atomic E-state index is 0.114. The molecule has 0 atom stereocenters. The topological polar surface area (TPSA) is 79.2 Å². The highest BCUT2D eigenvalue weighted by Gasteiger charge is 1.99. The van der Waals surface area contributed by atoms with Gasteiger partial charge in [-0.05, 0) is 6.92 Å². The van der Waals surface area contributed by atoms with Gasteiger partial charge in [-0.3, -0.25) is 10.2 Å². The third kappa shape index (κ3) is 5.93. The van der Waals surface area contributed by atoms with Gasteiger partial charge in [-0.1, -0.05) is 6.92 Å². The van der Waals surface area contributed by atoms with Crippen LogP contribution in [0.3, 0.4) is 0 Å². The fourth-order valence-electron chi connectivity index (χ4n) is 0.613. The Balaban J connectivity index is 3.93. The Morgan fingerprint density at radius 2 is 2.00 bits per heavy atom. The molecule has 14 heavy (non-hydrogen) atoms. The van der Waals surface area contributed by atoms with Crippen molar-refractivity contribution in [1.29, 1.82) is 5.41 Å². The number of carbonyl (C=O) groups is 2. The summed E-state index contributed by atoms with van der Waals surface area (Å²) in [6, 6.07) is 0. The first kappa shape index (κ1) is 12.3. The van der Waals surface area contributed by atoms with Gasteiger partial charge in [0.1, 0.15) is 0 Å². The van der Waals surface area contributed by atoms with E-state index >= 15 is 0 Å². The van der Waals surface area contributed by atoms with Gasteiger partial charge in [0.05, 0.1) is 12.4 Å². The molecule has 0 aromatic rings. The van der Waals surface area contributed by atoms with E-state index in [1.54, 1.807) is 13.8 Å². The monoisotopic (exact) mass is 198 g/mol. The summed E-state index contributed by atoms with van der Waals surface area (Å²) in [5.41, 5.74) is 0. The van der Waals surface area contributed by atoms with E-state index < -0.39 is 11.9 Å². The van der Waals surface area contributed by atoms with Gasteiger partial charge in [0, 0.05) is 18.6 Å². The molecular formula is C9H14N2O3. The molecule has 0 aliphatic carbocycles. The van der Waals surface area contributed by atoms with Crippen LogP contribution in [0.5, 0.6) is 0 Å². The van der Waals surface area contributed by atoms with Crippen molar-refractivity contribution in [2.45, 2.75) is 20.3 Å². The first-order valence-electron chi connectivity index (χ1n) is 4.33. The van der Waals surface area contributed by atoms with Gasteiger partial charge in [-0.25, -0.2) is 4.79 Å². The Morgan fingerprint density at radius 1 is 1.36 bits per heavy atom. The van der Waals surface area contributed by atoms with E-state index in [4.69, 9.17) is 5.41 Å². The molecule has 0 aromatic heterocycles. The number of hydrogen-bond acceptors (Lipinski definition) is 4. The fraction of sp³-hybridized carbons (Fsp3) is 0.444. The van der Waals surface area contributed by atoms with Crippen LogP contribution in [-0.4, -0.2) is 24.3 Å². The predicted molar refractivity (Wildman–Crippen MR) is 51.9 cm³/mol. The van der Waals surface area contributed by atoms with E-state index in [0.717, 1.165) is 12.2 Å². The molecule has 0 saturated carbocycles. The zero-order chi connectivity index (χ0) is 11.0. The summed E-state index contributed by atoms with van der Waals surface area (Å²) in [5.74, 6) is -0.945. The quantitative estimate of drug-likeness (QED) is 0.300. The highest BCUT2D eigenvalue weighted by molar-refractivity contribution is 6.03. The van der Waals surface area contributed by atoms with Crippen LogP contribution in [0.25, 0.3) is 0 Å². The molecule has 2 N–H and O–H groups in total. The van der Waals surface area contributed by atoms with Crippen LogP contribution in [0.1, 0.15) is 20.3 Å². The molecule has 0 unspecified atom stereocenters. The van der Waals surface area contributed by atoms with Crippen LogP contribution in [0.2, 0.25) is 0 Å². The lowest BCUT2D eigenvalue weighted by atomic mass is 10.4. The van der Waals surface area contributed by atoms with Gasteiger partial charge in [-0.15, -0.1) is 0 Å². The molecule has 0 aromatic carbocycles. The second-order valence-corrected chi connectivity index (χ2v) is 2.41. The summed E-state index contributed by atoms with van der Waals surface area (Å²) in [7, 11) is 0. The van der Waals surface area contributed by atoms with Crippen molar-refractivity contribution in [2.75, 3.05) is 6.61 Å². The van der Waals surface area contributed by atoms with E-state index in [1.165, 1.54) is 0 Å². The van der Waals surface area contributed by atoms with Crippen LogP contribution in [0.15, 0.2) is 12.2 Å². The van der Waals surface area contributed by atoms with Crippen molar-refractivity contribution in [3.05, 3.63) is 12.2 Å². The first-order chi connectivity index (χ1) is 6.60. The van der Waals surface area contributed by atoms with E-state index in [2.05, 4.69) is 10.1 Å². The molecule has 0 heterocycles. The second kappa shape index (κ2) is 6.82. The standard InChI is InChI=1S/C9H14N2O3/c1-3-7(10)11-8(12)5-6-9(13)14-4-2/h5-6H,3-4H2,1-2H3,(H2,10,11,12)/b6-5+. The van der Waals surface area contributed by atoms with Crippen molar-refractivity contribution >= 4 is 17.7 Å². The molecule has 0 spiro atoms. The highest BCUT2D eigenvalue weighted by atomic mass is 16.5. The minimum Gasteiger partial charge on any atom is -0.463 e. The molecule has 0 rings (SSSR count). The van der Waals surface area contributed by atoms with Crippen molar-refractivity contribution in [3.8, 4) is 0 Å². The minimum atomic E-state index is -0.564. The van der Waals surface area contributed by atoms with Crippen LogP contribution in [0, 0.1) is 5.41 Å². The van der Waals surface area contributed by atoms with Crippen LogP contribution in [-0.2, 0) is 14.3 Å². The number of esters is 1. The maximum atomic E-state index is 11.0. The van der Waals surface area contributed by atoms with E-state index in [0.29, 0.717) is 6.42 Å². The normalized spacial score (nSPS) is 9.86. The fourth-order valence-corrected chi connectivity index (χ4v) is 0.613. The molecule has 0 fully saturated rings. The van der Waals surface area contributed by atoms with E-state index in [1.807, 2.05) is 0 Å². The van der Waals surface area contributed by atoms with E-state index in [-0.39, 0.29) is 12.4 Å². The van der Waals surface area contributed by atoms with Gasteiger partial charge in [0.2, 0.25) is 5.91 Å². The number of carbonyl (C=O) groups excluding carboxylic acids is 2. The number of ether oxygens (including phenoxy) is 1. The third-order valence-corrected chi connectivity index (χ3v) is 1.29. The molecule has 0 radical (unpaired) electrons. The Hall–Kier alpha value is -1.65. The summed E-state index contributed by atoms with van der Waals surface area (Å²) in [4.78, 5) is 21.7. The number of nitrogens with one attached hydrogen (secondary N) is 2. The summed E-state index contributed by atoms with van der Waals surface area (Å²) in [6.07, 6.45) is 2.52. The molecule has 0 aliphatic heterocycles. The van der Waals surface area contributed by atoms with Gasteiger partial charge in [-0.2, -0.15) is 0 Å². The van der Waals surface area contributed by atoms with E-state index in [9.17, 15) is 9.59 Å². The van der Waals surface area contributed by atoms with Gasteiger partial charge in [0.15, 0.2) is 0 Å². The zero-order valence-electron chi connectivity index (χ0n) is 8.29. The molecule has 0 aliphatic rings. The Kier molecular flexibility index (Phi) is 6.02. The van der Waals surface area contributed by atoms with Crippen molar-refractivity contribution in [3.63, 3.8) is 0 Å². The smallest absolute Gasteiger partial charge is 0.330 e. The van der Waals surface area contributed by atoms with Gasteiger partial charge < -0.3 is 10.1 Å². The molecule has 5 nitrogen and oxygen atoms in total. The molecule has 0 bridgehead atoms. The molecule has 78 valence electrons. The summed E-state index contributed by atoms with van der Waals surface area (Å²) in [6.45, 7) is 3.70. The van der Waals surface area contributed by atoms with Crippen LogP contribution >= 0.6 is 0 Å². The number of hydrogen-bond donors (Lipinski definition) is 2. The lowest BCUT2D eigenvalue weighted by Gasteiger charge is -1.99. The largest absolute Gasteiger partial charge is 0.463 e. The second-order valence-electron chi connectivity index (χ2n) is 2.41. The van der Waals surface area contributed by atoms with Crippen LogP contribution < -0.4 is 5.32 Å². The zero-order valence-corrected chi connectivity index (χ0v) is 8.29. The number of amidine groups is 1. The lowest BCUT2D eigenvalue weighted by molar-refractivity contribution is -0.137. The summed E-state index contributed by atoms with van der Waals surface area (Å²) >= 11 is 0. The summed E-state index contributed by atoms with van der Waals surface area (Å²) in [5, 5.41) is 9.43. The molecular weight excluding hydrogens is 184 g/mol. The maximum absolute atomic E-state index is 11.0. The molecule has 5 heteroatoms. The lowest BCUT2D eigenvalue weighted by Crippen LogP contribution is -2.27.